The van der Waals surface area contributed by atoms with Crippen LogP contribution in [-0.4, -0.2) is 28.0 Å². The zero-order valence-electron chi connectivity index (χ0n) is 15.3. The van der Waals surface area contributed by atoms with Gasteiger partial charge in [0, 0.05) is 30.4 Å². The fourth-order valence-electron chi connectivity index (χ4n) is 3.91. The van der Waals surface area contributed by atoms with Crippen LogP contribution in [-0.2, 0) is 12.8 Å². The molecule has 2 aromatic rings. The van der Waals surface area contributed by atoms with E-state index in [0.717, 1.165) is 43.9 Å². The summed E-state index contributed by atoms with van der Waals surface area (Å²) in [6.45, 7) is 2.05. The third-order valence-corrected chi connectivity index (χ3v) is 5.30. The Labute approximate surface area is 158 Å². The second-order valence-corrected chi connectivity index (χ2v) is 7.21. The summed E-state index contributed by atoms with van der Waals surface area (Å²) in [6, 6.07) is 4.68. The van der Waals surface area contributed by atoms with Crippen molar-refractivity contribution in [2.24, 2.45) is 0 Å². The largest absolute Gasteiger partial charge is 0.393 e. The van der Waals surface area contributed by atoms with E-state index in [2.05, 4.69) is 10.2 Å². The minimum Gasteiger partial charge on any atom is -0.393 e. The number of aryl methyl sites for hydroxylation is 1. The molecule has 1 aromatic carbocycles. The number of nitro benzene ring substituents is 1. The summed E-state index contributed by atoms with van der Waals surface area (Å²) in [5.41, 5.74) is 8.66. The number of benzene rings is 1. The van der Waals surface area contributed by atoms with Crippen LogP contribution in [0.25, 0.3) is 0 Å². The van der Waals surface area contributed by atoms with Crippen LogP contribution in [0.3, 0.4) is 0 Å². The van der Waals surface area contributed by atoms with E-state index < -0.39 is 4.92 Å². The number of nitrogens with two attached hydrogens (primary N) is 1. The second-order valence-electron chi connectivity index (χ2n) is 7.21. The molecule has 27 heavy (non-hydrogen) atoms. The highest BCUT2D eigenvalue weighted by molar-refractivity contribution is 5.68. The Balaban J connectivity index is 1.68. The van der Waals surface area contributed by atoms with Gasteiger partial charge in [0.2, 0.25) is 5.95 Å². The number of anilines is 4. The lowest BCUT2D eigenvalue weighted by Crippen LogP contribution is -2.32. The average molecular weight is 368 g/mol. The number of nitrogens with one attached hydrogen (secondary N) is 1. The number of nitro groups is 1. The molecule has 0 bridgehead atoms. The number of hydrogen-bond donors (Lipinski definition) is 2. The highest BCUT2D eigenvalue weighted by atomic mass is 16.6. The number of aromatic nitrogens is 2. The summed E-state index contributed by atoms with van der Waals surface area (Å²) in [7, 11) is 0. The van der Waals surface area contributed by atoms with Gasteiger partial charge in [-0.15, -0.1) is 0 Å². The number of nitrogen functional groups attached to an aromatic ring is 1. The molecule has 1 fully saturated rings. The topological polar surface area (TPSA) is 110 Å². The molecule has 3 N–H and O–H groups in total. The van der Waals surface area contributed by atoms with Gasteiger partial charge in [0.1, 0.15) is 11.5 Å². The summed E-state index contributed by atoms with van der Waals surface area (Å²) in [5.74, 6) is 1.53. The van der Waals surface area contributed by atoms with Crippen LogP contribution in [0.5, 0.6) is 0 Å². The lowest BCUT2D eigenvalue weighted by Gasteiger charge is -2.31. The molecule has 0 unspecified atom stereocenters. The second kappa shape index (κ2) is 7.38. The molecule has 142 valence electrons. The molecule has 8 heteroatoms. The molecular formula is C19H24N6O2. The maximum absolute atomic E-state index is 11.1. The van der Waals surface area contributed by atoms with E-state index in [1.54, 1.807) is 6.07 Å². The molecular weight excluding hydrogens is 344 g/mol. The van der Waals surface area contributed by atoms with Gasteiger partial charge in [-0.25, -0.2) is 4.98 Å². The summed E-state index contributed by atoms with van der Waals surface area (Å²) >= 11 is 0. The minimum atomic E-state index is -0.479. The van der Waals surface area contributed by atoms with Crippen molar-refractivity contribution in [3.8, 4) is 0 Å². The van der Waals surface area contributed by atoms with Crippen LogP contribution < -0.4 is 16.0 Å². The maximum Gasteiger partial charge on any atom is 0.294 e. The van der Waals surface area contributed by atoms with Gasteiger partial charge in [-0.05, 0) is 57.1 Å². The summed E-state index contributed by atoms with van der Waals surface area (Å²) in [5, 5.41) is 14.3. The Morgan fingerprint density at radius 3 is 2.63 bits per heavy atom. The number of piperidine rings is 1. The zero-order chi connectivity index (χ0) is 18.8. The van der Waals surface area contributed by atoms with Crippen molar-refractivity contribution in [2.75, 3.05) is 29.0 Å². The van der Waals surface area contributed by atoms with Crippen molar-refractivity contribution in [3.05, 3.63) is 39.6 Å². The van der Waals surface area contributed by atoms with Crippen LogP contribution in [0, 0.1) is 10.1 Å². The molecule has 1 aromatic heterocycles. The standard InChI is InChI=1S/C19H24N6O2/c20-15-9-8-13(12-17(15)25(26)27)21-19-22-16-7-3-2-6-14(16)18(23-19)24-10-4-1-5-11-24/h8-9,12H,1-7,10-11,20H2,(H,21,22,23). The molecule has 2 aliphatic rings. The Hall–Kier alpha value is -2.90. The molecule has 1 aliphatic carbocycles. The van der Waals surface area contributed by atoms with E-state index in [9.17, 15) is 10.1 Å². The van der Waals surface area contributed by atoms with Crippen molar-refractivity contribution >= 4 is 28.8 Å². The SMILES string of the molecule is Nc1ccc(Nc2nc3c(c(N4CCCCC4)n2)CCCC3)cc1[N+](=O)[O-]. The first-order valence-corrected chi connectivity index (χ1v) is 9.57. The Kier molecular flexibility index (Phi) is 4.79. The Morgan fingerprint density at radius 2 is 1.85 bits per heavy atom. The smallest absolute Gasteiger partial charge is 0.294 e. The van der Waals surface area contributed by atoms with Gasteiger partial charge in [-0.1, -0.05) is 0 Å². The third-order valence-electron chi connectivity index (χ3n) is 5.30. The highest BCUT2D eigenvalue weighted by Gasteiger charge is 2.23. The van der Waals surface area contributed by atoms with E-state index in [-0.39, 0.29) is 11.4 Å². The predicted octanol–water partition coefficient (Wildman–Crippen LogP) is 3.58. The fraction of sp³-hybridized carbons (Fsp3) is 0.474. The molecule has 1 saturated heterocycles. The Bertz CT molecular complexity index is 864. The lowest BCUT2D eigenvalue weighted by atomic mass is 9.95. The van der Waals surface area contributed by atoms with Crippen molar-refractivity contribution < 1.29 is 4.92 Å². The van der Waals surface area contributed by atoms with Gasteiger partial charge in [-0.3, -0.25) is 10.1 Å². The van der Waals surface area contributed by atoms with E-state index >= 15 is 0 Å². The van der Waals surface area contributed by atoms with Gasteiger partial charge in [0.15, 0.2) is 0 Å². The summed E-state index contributed by atoms with van der Waals surface area (Å²) < 4.78 is 0. The quantitative estimate of drug-likeness (QED) is 0.482. The number of hydrogen-bond acceptors (Lipinski definition) is 7. The lowest BCUT2D eigenvalue weighted by molar-refractivity contribution is -0.383. The van der Waals surface area contributed by atoms with E-state index in [1.807, 2.05) is 0 Å². The van der Waals surface area contributed by atoms with Crippen LogP contribution >= 0.6 is 0 Å². The van der Waals surface area contributed by atoms with E-state index in [1.165, 1.54) is 43.4 Å². The maximum atomic E-state index is 11.1. The number of rotatable bonds is 4. The van der Waals surface area contributed by atoms with Gasteiger partial charge in [-0.2, -0.15) is 4.98 Å². The van der Waals surface area contributed by atoms with Gasteiger partial charge in [0.25, 0.3) is 5.69 Å². The monoisotopic (exact) mass is 368 g/mol. The predicted molar refractivity (Wildman–Crippen MR) is 106 cm³/mol. The molecule has 0 atom stereocenters. The molecule has 2 heterocycles. The third kappa shape index (κ3) is 3.65. The summed E-state index contributed by atoms with van der Waals surface area (Å²) in [4.78, 5) is 22.5. The van der Waals surface area contributed by atoms with Crippen LogP contribution in [0.1, 0.15) is 43.4 Å². The fourth-order valence-corrected chi connectivity index (χ4v) is 3.91. The molecule has 8 nitrogen and oxygen atoms in total. The minimum absolute atomic E-state index is 0.116. The van der Waals surface area contributed by atoms with Gasteiger partial charge >= 0.3 is 0 Å². The van der Waals surface area contributed by atoms with Crippen molar-refractivity contribution in [3.63, 3.8) is 0 Å². The molecule has 4 rings (SSSR count). The Morgan fingerprint density at radius 1 is 1.07 bits per heavy atom. The number of fused-ring (bicyclic) bond motifs is 1. The van der Waals surface area contributed by atoms with Crippen molar-refractivity contribution in [2.45, 2.75) is 44.9 Å². The highest BCUT2D eigenvalue weighted by Crippen LogP contribution is 2.32. The molecule has 1 aliphatic heterocycles. The van der Waals surface area contributed by atoms with Gasteiger partial charge in [0.05, 0.1) is 10.6 Å². The first-order valence-electron chi connectivity index (χ1n) is 9.57. The van der Waals surface area contributed by atoms with Crippen LogP contribution in [0.2, 0.25) is 0 Å². The average Bonchev–Trinajstić information content (AvgIpc) is 2.69. The first kappa shape index (κ1) is 17.5. The molecule has 0 saturated carbocycles. The van der Waals surface area contributed by atoms with E-state index in [4.69, 9.17) is 15.7 Å². The van der Waals surface area contributed by atoms with Crippen LogP contribution in [0.4, 0.5) is 28.8 Å². The van der Waals surface area contributed by atoms with Crippen molar-refractivity contribution in [1.82, 2.24) is 9.97 Å². The zero-order valence-corrected chi connectivity index (χ0v) is 15.3. The van der Waals surface area contributed by atoms with Crippen LogP contribution in [0.15, 0.2) is 18.2 Å². The van der Waals surface area contributed by atoms with E-state index in [0.29, 0.717) is 11.6 Å². The number of nitrogens with zero attached hydrogens (tertiary/aromatic N) is 4. The van der Waals surface area contributed by atoms with Crippen molar-refractivity contribution in [1.29, 1.82) is 0 Å². The summed E-state index contributed by atoms with van der Waals surface area (Å²) in [6.07, 6.45) is 7.93. The molecule has 0 amide bonds. The first-order chi connectivity index (χ1) is 13.1. The molecule has 0 spiro atoms. The molecule has 0 radical (unpaired) electrons. The normalized spacial score (nSPS) is 16.7. The van der Waals surface area contributed by atoms with Gasteiger partial charge < -0.3 is 16.0 Å².